The van der Waals surface area contributed by atoms with Crippen LogP contribution in [0.3, 0.4) is 0 Å². The second-order valence-electron chi connectivity index (χ2n) is 5.61. The first-order valence-electron chi connectivity index (χ1n) is 7.78. The quantitative estimate of drug-likeness (QED) is 0.378. The fraction of sp³-hybridized carbons (Fsp3) is 0.647. The molecule has 0 aromatic heterocycles. The molecule has 1 rings (SSSR count). The van der Waals surface area contributed by atoms with Gasteiger partial charge in [0.25, 0.3) is 0 Å². The van der Waals surface area contributed by atoms with Gasteiger partial charge in [-0.25, -0.2) is 0 Å². The zero-order valence-corrected chi connectivity index (χ0v) is 12.6. The molecule has 3 N–H and O–H groups in total. The largest absolute Gasteiger partial charge is 0.271 e. The molecule has 0 amide bonds. The van der Waals surface area contributed by atoms with Crippen LogP contribution in [0.5, 0.6) is 0 Å². The first-order valence-corrected chi connectivity index (χ1v) is 7.78. The van der Waals surface area contributed by atoms with Crippen LogP contribution < -0.4 is 11.3 Å². The second-order valence-corrected chi connectivity index (χ2v) is 5.61. The molecule has 1 unspecified atom stereocenters. The van der Waals surface area contributed by atoms with Crippen LogP contribution in [-0.4, -0.2) is 6.04 Å². The van der Waals surface area contributed by atoms with Gasteiger partial charge in [0.05, 0.1) is 0 Å². The van der Waals surface area contributed by atoms with E-state index >= 15 is 0 Å². The number of hydrogen-bond acceptors (Lipinski definition) is 2. The molecule has 1 atom stereocenters. The average molecular weight is 262 g/mol. The third kappa shape index (κ3) is 7.34. The second kappa shape index (κ2) is 9.99. The lowest BCUT2D eigenvalue weighted by Gasteiger charge is -2.16. The summed E-state index contributed by atoms with van der Waals surface area (Å²) in [7, 11) is 0. The summed E-state index contributed by atoms with van der Waals surface area (Å²) in [6.07, 6.45) is 10.3. The van der Waals surface area contributed by atoms with Crippen LogP contribution in [0.1, 0.15) is 63.0 Å². The molecule has 1 aromatic rings. The lowest BCUT2D eigenvalue weighted by molar-refractivity contribution is 0.459. The standard InChI is InChI=1S/C17H30N2/c1-3-4-5-6-7-8-9-17(19-18)14-16-12-10-15(2)11-13-16/h10-13,17,19H,3-9,14,18H2,1-2H3. The van der Waals surface area contributed by atoms with Crippen LogP contribution in [-0.2, 0) is 6.42 Å². The molecule has 2 nitrogen and oxygen atoms in total. The topological polar surface area (TPSA) is 38.0 Å². The predicted octanol–water partition coefficient (Wildman–Crippen LogP) is 4.12. The van der Waals surface area contributed by atoms with E-state index in [-0.39, 0.29) is 0 Å². The lowest BCUT2D eigenvalue weighted by atomic mass is 9.99. The molecule has 0 aliphatic rings. The van der Waals surface area contributed by atoms with Crippen molar-refractivity contribution in [2.24, 2.45) is 5.84 Å². The summed E-state index contributed by atoms with van der Waals surface area (Å²) in [4.78, 5) is 0. The summed E-state index contributed by atoms with van der Waals surface area (Å²) in [6, 6.07) is 9.18. The minimum Gasteiger partial charge on any atom is -0.271 e. The van der Waals surface area contributed by atoms with Crippen molar-refractivity contribution in [1.82, 2.24) is 5.43 Å². The molecule has 0 saturated heterocycles. The SMILES string of the molecule is CCCCCCCCC(Cc1ccc(C)cc1)NN. The fourth-order valence-corrected chi connectivity index (χ4v) is 2.42. The van der Waals surface area contributed by atoms with Crippen molar-refractivity contribution < 1.29 is 0 Å². The van der Waals surface area contributed by atoms with Crippen LogP contribution >= 0.6 is 0 Å². The Morgan fingerprint density at radius 2 is 1.63 bits per heavy atom. The number of unbranched alkanes of at least 4 members (excludes halogenated alkanes) is 5. The van der Waals surface area contributed by atoms with E-state index in [0.717, 1.165) is 6.42 Å². The highest BCUT2D eigenvalue weighted by atomic mass is 15.2. The Bertz CT molecular complexity index is 319. The van der Waals surface area contributed by atoms with Gasteiger partial charge < -0.3 is 0 Å². The smallest absolute Gasteiger partial charge is 0.0250 e. The van der Waals surface area contributed by atoms with Gasteiger partial charge in [-0.2, -0.15) is 0 Å². The van der Waals surface area contributed by atoms with Crippen LogP contribution in [0, 0.1) is 6.92 Å². The number of nitrogens with two attached hydrogens (primary N) is 1. The molecule has 19 heavy (non-hydrogen) atoms. The first kappa shape index (κ1) is 16.2. The molecule has 108 valence electrons. The molecule has 0 aliphatic carbocycles. The van der Waals surface area contributed by atoms with Crippen LogP contribution in [0.2, 0.25) is 0 Å². The molecule has 0 saturated carbocycles. The highest BCUT2D eigenvalue weighted by molar-refractivity contribution is 5.22. The molecular formula is C17H30N2. The average Bonchev–Trinajstić information content (AvgIpc) is 2.43. The summed E-state index contributed by atoms with van der Waals surface area (Å²) in [5.41, 5.74) is 5.66. The number of aryl methyl sites for hydroxylation is 1. The number of rotatable bonds is 10. The molecule has 1 aromatic carbocycles. The Morgan fingerprint density at radius 3 is 2.26 bits per heavy atom. The van der Waals surface area contributed by atoms with Gasteiger partial charge in [-0.05, 0) is 25.3 Å². The Labute approximate surface area is 118 Å². The van der Waals surface area contributed by atoms with Crippen molar-refractivity contribution in [1.29, 1.82) is 0 Å². The van der Waals surface area contributed by atoms with E-state index in [9.17, 15) is 0 Å². The highest BCUT2D eigenvalue weighted by Gasteiger charge is 2.07. The van der Waals surface area contributed by atoms with E-state index < -0.39 is 0 Å². The van der Waals surface area contributed by atoms with Crippen molar-refractivity contribution in [3.05, 3.63) is 35.4 Å². The first-order chi connectivity index (χ1) is 9.26. The van der Waals surface area contributed by atoms with E-state index in [4.69, 9.17) is 5.84 Å². The predicted molar refractivity (Wildman–Crippen MR) is 84.0 cm³/mol. The molecule has 0 spiro atoms. The van der Waals surface area contributed by atoms with Gasteiger partial charge in [0.2, 0.25) is 0 Å². The molecule has 0 aliphatic heterocycles. The van der Waals surface area contributed by atoms with E-state index in [1.165, 1.54) is 56.1 Å². The van der Waals surface area contributed by atoms with Crippen LogP contribution in [0.4, 0.5) is 0 Å². The monoisotopic (exact) mass is 262 g/mol. The summed E-state index contributed by atoms with van der Waals surface area (Å²) in [5.74, 6) is 5.66. The van der Waals surface area contributed by atoms with Gasteiger partial charge in [-0.15, -0.1) is 0 Å². The summed E-state index contributed by atoms with van der Waals surface area (Å²) >= 11 is 0. The van der Waals surface area contributed by atoms with Crippen molar-refractivity contribution in [3.8, 4) is 0 Å². The van der Waals surface area contributed by atoms with Gasteiger partial charge in [-0.1, -0.05) is 75.3 Å². The summed E-state index contributed by atoms with van der Waals surface area (Å²) in [5, 5.41) is 0. The molecule has 0 heterocycles. The van der Waals surface area contributed by atoms with Gasteiger partial charge in [0.15, 0.2) is 0 Å². The maximum Gasteiger partial charge on any atom is 0.0250 e. The van der Waals surface area contributed by atoms with Gasteiger partial charge in [0, 0.05) is 6.04 Å². The fourth-order valence-electron chi connectivity index (χ4n) is 2.42. The normalized spacial score (nSPS) is 12.6. The minimum atomic E-state index is 0.411. The number of nitrogens with one attached hydrogen (secondary N) is 1. The summed E-state index contributed by atoms with van der Waals surface area (Å²) < 4.78 is 0. The Morgan fingerprint density at radius 1 is 1.00 bits per heavy atom. The zero-order chi connectivity index (χ0) is 13.9. The number of hydrazine groups is 1. The molecule has 0 radical (unpaired) electrons. The molecule has 0 fully saturated rings. The van der Waals surface area contributed by atoms with Gasteiger partial charge in [-0.3, -0.25) is 11.3 Å². The van der Waals surface area contributed by atoms with Crippen molar-refractivity contribution in [2.75, 3.05) is 0 Å². The third-order valence-corrected chi connectivity index (χ3v) is 3.74. The zero-order valence-electron chi connectivity index (χ0n) is 12.6. The summed E-state index contributed by atoms with van der Waals surface area (Å²) in [6.45, 7) is 4.38. The lowest BCUT2D eigenvalue weighted by Crippen LogP contribution is -2.36. The van der Waals surface area contributed by atoms with Crippen molar-refractivity contribution >= 4 is 0 Å². The van der Waals surface area contributed by atoms with E-state index in [1.54, 1.807) is 0 Å². The Hall–Kier alpha value is -0.860. The van der Waals surface area contributed by atoms with E-state index in [0.29, 0.717) is 6.04 Å². The molecular weight excluding hydrogens is 232 g/mol. The number of hydrogen-bond donors (Lipinski definition) is 2. The molecule has 2 heteroatoms. The molecule has 0 bridgehead atoms. The van der Waals surface area contributed by atoms with Crippen LogP contribution in [0.25, 0.3) is 0 Å². The number of benzene rings is 1. The van der Waals surface area contributed by atoms with E-state index in [2.05, 4.69) is 43.5 Å². The highest BCUT2D eigenvalue weighted by Crippen LogP contribution is 2.12. The third-order valence-electron chi connectivity index (χ3n) is 3.74. The Balaban J connectivity index is 2.20. The van der Waals surface area contributed by atoms with E-state index in [1.807, 2.05) is 0 Å². The van der Waals surface area contributed by atoms with Gasteiger partial charge in [0.1, 0.15) is 0 Å². The maximum absolute atomic E-state index is 5.66. The minimum absolute atomic E-state index is 0.411. The van der Waals surface area contributed by atoms with Crippen molar-refractivity contribution in [3.63, 3.8) is 0 Å². The maximum atomic E-state index is 5.66. The Kier molecular flexibility index (Phi) is 8.52. The van der Waals surface area contributed by atoms with Crippen molar-refractivity contribution in [2.45, 2.75) is 71.3 Å². The van der Waals surface area contributed by atoms with Gasteiger partial charge >= 0.3 is 0 Å². The van der Waals surface area contributed by atoms with Crippen LogP contribution in [0.15, 0.2) is 24.3 Å².